The summed E-state index contributed by atoms with van der Waals surface area (Å²) in [5, 5.41) is 4.62. The van der Waals surface area contributed by atoms with Crippen molar-refractivity contribution >= 4 is 21.7 Å². The van der Waals surface area contributed by atoms with E-state index in [2.05, 4.69) is 27.1 Å². The van der Waals surface area contributed by atoms with Crippen molar-refractivity contribution in [1.29, 1.82) is 0 Å². The average molecular weight is 328 g/mol. The van der Waals surface area contributed by atoms with E-state index >= 15 is 0 Å². The summed E-state index contributed by atoms with van der Waals surface area (Å²) in [6.45, 7) is 2.05. The Labute approximate surface area is 126 Å². The minimum Gasteiger partial charge on any atom is -0.384 e. The van der Waals surface area contributed by atoms with Gasteiger partial charge in [-0.1, -0.05) is 46.3 Å². The highest BCUT2D eigenvalue weighted by molar-refractivity contribution is 9.10. The van der Waals surface area contributed by atoms with E-state index in [4.69, 9.17) is 5.73 Å². The van der Waals surface area contributed by atoms with Gasteiger partial charge in [0, 0.05) is 16.1 Å². The minimum absolute atomic E-state index is 0.634. The first kappa shape index (κ1) is 12.9. The molecule has 0 radical (unpaired) electrons. The summed E-state index contributed by atoms with van der Waals surface area (Å²) in [6, 6.07) is 18.0. The lowest BCUT2D eigenvalue weighted by Gasteiger charge is -2.08. The van der Waals surface area contributed by atoms with E-state index in [-0.39, 0.29) is 0 Å². The van der Waals surface area contributed by atoms with Gasteiger partial charge in [-0.15, -0.1) is 0 Å². The zero-order chi connectivity index (χ0) is 14.1. The summed E-state index contributed by atoms with van der Waals surface area (Å²) in [5.41, 5.74) is 10.2. The van der Waals surface area contributed by atoms with Crippen LogP contribution >= 0.6 is 15.9 Å². The molecular formula is C16H14BrN3. The zero-order valence-electron chi connectivity index (χ0n) is 11.0. The van der Waals surface area contributed by atoms with Crippen molar-refractivity contribution in [3.8, 4) is 16.9 Å². The van der Waals surface area contributed by atoms with E-state index in [1.165, 1.54) is 0 Å². The van der Waals surface area contributed by atoms with E-state index < -0.39 is 0 Å². The number of nitrogen functional groups attached to an aromatic ring is 1. The molecule has 20 heavy (non-hydrogen) atoms. The number of hydrogen-bond donors (Lipinski definition) is 1. The standard InChI is InChI=1S/C16H14BrN3/c1-11-9-13(17)7-8-15(11)20-16(18)10-14(19-20)12-5-3-2-4-6-12/h2-10H,18H2,1H3. The molecule has 0 saturated heterocycles. The molecule has 0 aliphatic rings. The number of benzene rings is 2. The van der Waals surface area contributed by atoms with Crippen LogP contribution in [0.25, 0.3) is 16.9 Å². The van der Waals surface area contributed by atoms with Crippen LogP contribution in [0.1, 0.15) is 5.56 Å². The molecule has 1 heterocycles. The molecule has 2 aromatic carbocycles. The highest BCUT2D eigenvalue weighted by Crippen LogP contribution is 2.25. The van der Waals surface area contributed by atoms with Crippen molar-refractivity contribution in [3.05, 3.63) is 64.6 Å². The molecule has 0 bridgehead atoms. The molecule has 0 saturated carbocycles. The van der Waals surface area contributed by atoms with Crippen molar-refractivity contribution in [1.82, 2.24) is 9.78 Å². The Kier molecular flexibility index (Phi) is 3.32. The molecular weight excluding hydrogens is 314 g/mol. The Balaban J connectivity index is 2.10. The van der Waals surface area contributed by atoms with Gasteiger partial charge in [-0.25, -0.2) is 4.68 Å². The molecule has 1 aromatic heterocycles. The number of rotatable bonds is 2. The van der Waals surface area contributed by atoms with Crippen molar-refractivity contribution in [2.24, 2.45) is 0 Å². The third-order valence-corrected chi connectivity index (χ3v) is 3.69. The Morgan fingerprint density at radius 3 is 2.50 bits per heavy atom. The Morgan fingerprint density at radius 1 is 1.05 bits per heavy atom. The zero-order valence-corrected chi connectivity index (χ0v) is 12.6. The fraction of sp³-hybridized carbons (Fsp3) is 0.0625. The number of aryl methyl sites for hydroxylation is 1. The van der Waals surface area contributed by atoms with E-state index in [1.807, 2.05) is 55.5 Å². The highest BCUT2D eigenvalue weighted by Gasteiger charge is 2.10. The molecule has 0 spiro atoms. The van der Waals surface area contributed by atoms with Crippen LogP contribution in [0.3, 0.4) is 0 Å². The lowest BCUT2D eigenvalue weighted by Crippen LogP contribution is -2.03. The van der Waals surface area contributed by atoms with Crippen LogP contribution in [-0.4, -0.2) is 9.78 Å². The summed E-state index contributed by atoms with van der Waals surface area (Å²) >= 11 is 3.47. The van der Waals surface area contributed by atoms with E-state index in [1.54, 1.807) is 4.68 Å². The first-order chi connectivity index (χ1) is 9.65. The number of anilines is 1. The van der Waals surface area contributed by atoms with Gasteiger partial charge in [0.15, 0.2) is 0 Å². The summed E-state index contributed by atoms with van der Waals surface area (Å²) in [4.78, 5) is 0. The molecule has 2 N–H and O–H groups in total. The smallest absolute Gasteiger partial charge is 0.127 e. The third-order valence-electron chi connectivity index (χ3n) is 3.19. The van der Waals surface area contributed by atoms with E-state index in [9.17, 15) is 0 Å². The molecule has 0 aliphatic heterocycles. The fourth-order valence-corrected chi connectivity index (χ4v) is 2.67. The molecule has 0 fully saturated rings. The highest BCUT2D eigenvalue weighted by atomic mass is 79.9. The second-order valence-corrected chi connectivity index (χ2v) is 5.58. The first-order valence-corrected chi connectivity index (χ1v) is 7.12. The summed E-state index contributed by atoms with van der Waals surface area (Å²) in [5.74, 6) is 0.634. The maximum absolute atomic E-state index is 6.11. The van der Waals surface area contributed by atoms with Crippen LogP contribution in [0.2, 0.25) is 0 Å². The van der Waals surface area contributed by atoms with Crippen LogP contribution < -0.4 is 5.73 Å². The fourth-order valence-electron chi connectivity index (χ4n) is 2.20. The number of nitrogens with two attached hydrogens (primary N) is 1. The lowest BCUT2D eigenvalue weighted by atomic mass is 10.2. The molecule has 0 unspecified atom stereocenters. The summed E-state index contributed by atoms with van der Waals surface area (Å²) < 4.78 is 2.83. The predicted molar refractivity (Wildman–Crippen MR) is 85.8 cm³/mol. The first-order valence-electron chi connectivity index (χ1n) is 6.32. The third kappa shape index (κ3) is 2.34. The molecule has 3 nitrogen and oxygen atoms in total. The summed E-state index contributed by atoms with van der Waals surface area (Å²) in [7, 11) is 0. The van der Waals surface area contributed by atoms with Gasteiger partial charge in [0.1, 0.15) is 5.82 Å². The van der Waals surface area contributed by atoms with Crippen molar-refractivity contribution in [3.63, 3.8) is 0 Å². The SMILES string of the molecule is Cc1cc(Br)ccc1-n1nc(-c2ccccc2)cc1N. The normalized spacial score (nSPS) is 10.7. The van der Waals surface area contributed by atoms with Gasteiger partial charge >= 0.3 is 0 Å². The van der Waals surface area contributed by atoms with Gasteiger partial charge in [-0.05, 0) is 30.7 Å². The molecule has 0 aliphatic carbocycles. The minimum atomic E-state index is 0.634. The van der Waals surface area contributed by atoms with Gasteiger partial charge < -0.3 is 5.73 Å². The van der Waals surface area contributed by atoms with Crippen LogP contribution in [0.15, 0.2) is 59.1 Å². The number of hydrogen-bond acceptors (Lipinski definition) is 2. The molecule has 0 amide bonds. The van der Waals surface area contributed by atoms with Crippen LogP contribution in [0, 0.1) is 6.92 Å². The summed E-state index contributed by atoms with van der Waals surface area (Å²) in [6.07, 6.45) is 0. The van der Waals surface area contributed by atoms with Gasteiger partial charge in [0.2, 0.25) is 0 Å². The van der Waals surface area contributed by atoms with E-state index in [0.717, 1.165) is 27.0 Å². The van der Waals surface area contributed by atoms with Gasteiger partial charge in [-0.2, -0.15) is 5.10 Å². The van der Waals surface area contributed by atoms with Crippen LogP contribution in [0.5, 0.6) is 0 Å². The predicted octanol–water partition coefficient (Wildman–Crippen LogP) is 4.19. The van der Waals surface area contributed by atoms with Gasteiger partial charge in [0.05, 0.1) is 11.4 Å². The molecule has 0 atom stereocenters. The van der Waals surface area contributed by atoms with E-state index in [0.29, 0.717) is 5.82 Å². The topological polar surface area (TPSA) is 43.8 Å². The maximum atomic E-state index is 6.11. The van der Waals surface area contributed by atoms with Crippen molar-refractivity contribution < 1.29 is 0 Å². The molecule has 3 rings (SSSR count). The van der Waals surface area contributed by atoms with Gasteiger partial charge in [-0.3, -0.25) is 0 Å². The van der Waals surface area contributed by atoms with Crippen molar-refractivity contribution in [2.75, 3.05) is 5.73 Å². The maximum Gasteiger partial charge on any atom is 0.127 e. The van der Waals surface area contributed by atoms with Crippen LogP contribution in [-0.2, 0) is 0 Å². The number of aromatic nitrogens is 2. The van der Waals surface area contributed by atoms with Gasteiger partial charge in [0.25, 0.3) is 0 Å². The Hall–Kier alpha value is -2.07. The molecule has 4 heteroatoms. The molecule has 100 valence electrons. The largest absolute Gasteiger partial charge is 0.384 e. The van der Waals surface area contributed by atoms with Crippen LogP contribution in [0.4, 0.5) is 5.82 Å². The number of halogens is 1. The number of nitrogens with zero attached hydrogens (tertiary/aromatic N) is 2. The quantitative estimate of drug-likeness (QED) is 0.766. The average Bonchev–Trinajstić information content (AvgIpc) is 2.82. The lowest BCUT2D eigenvalue weighted by molar-refractivity contribution is 0.886. The Morgan fingerprint density at radius 2 is 1.80 bits per heavy atom. The second kappa shape index (κ2) is 5.13. The van der Waals surface area contributed by atoms with Crippen molar-refractivity contribution in [2.45, 2.75) is 6.92 Å². The second-order valence-electron chi connectivity index (χ2n) is 4.66. The molecule has 3 aromatic rings. The monoisotopic (exact) mass is 327 g/mol. The Bertz CT molecular complexity index is 748.